The number of ether oxygens (including phenoxy) is 1. The topological polar surface area (TPSA) is 50.4 Å². The highest BCUT2D eigenvalue weighted by molar-refractivity contribution is 5.77. The third-order valence-corrected chi connectivity index (χ3v) is 2.54. The second-order valence-corrected chi connectivity index (χ2v) is 4.08. The lowest BCUT2D eigenvalue weighted by Crippen LogP contribution is -2.40. The lowest BCUT2D eigenvalue weighted by atomic mass is 10.0. The number of alkyl halides is 3. The third kappa shape index (κ3) is 7.17. The predicted octanol–water partition coefficient (Wildman–Crippen LogP) is 0.681. The highest BCUT2D eigenvalue weighted by atomic mass is 19.4. The summed E-state index contributed by atoms with van der Waals surface area (Å²) in [4.78, 5) is 11.2. The Morgan fingerprint density at radius 1 is 1.29 bits per heavy atom. The number of rotatable bonds is 5. The molecule has 0 saturated carbocycles. The molecular formula is C10H17F3N2O2. The second kappa shape index (κ2) is 6.80. The van der Waals surface area contributed by atoms with Crippen molar-refractivity contribution in [3.8, 4) is 0 Å². The number of nitrogens with one attached hydrogen (secondary N) is 2. The lowest BCUT2D eigenvalue weighted by molar-refractivity contribution is -0.128. The molecule has 0 spiro atoms. The number of amides is 1. The summed E-state index contributed by atoms with van der Waals surface area (Å²) in [6.45, 7) is 0.441. The summed E-state index contributed by atoms with van der Waals surface area (Å²) in [7, 11) is 0. The van der Waals surface area contributed by atoms with E-state index in [-0.39, 0.29) is 6.54 Å². The van der Waals surface area contributed by atoms with Crippen molar-refractivity contribution in [2.24, 2.45) is 5.92 Å². The van der Waals surface area contributed by atoms with E-state index in [0.717, 1.165) is 12.8 Å². The maximum Gasteiger partial charge on any atom is 0.401 e. The molecule has 7 heteroatoms. The second-order valence-electron chi connectivity index (χ2n) is 4.08. The molecule has 0 aromatic heterocycles. The van der Waals surface area contributed by atoms with Crippen LogP contribution in [0.1, 0.15) is 12.8 Å². The molecule has 100 valence electrons. The third-order valence-electron chi connectivity index (χ3n) is 2.54. The summed E-state index contributed by atoms with van der Waals surface area (Å²) in [5, 5.41) is 4.67. The standard InChI is InChI=1S/C10H17F3N2O2/c11-10(12,13)7-14-6-9(16)15-5-8-1-3-17-4-2-8/h8,14H,1-7H2,(H,15,16). The van der Waals surface area contributed by atoms with Gasteiger partial charge in [-0.25, -0.2) is 0 Å². The molecule has 0 radical (unpaired) electrons. The Kier molecular flexibility index (Phi) is 5.70. The van der Waals surface area contributed by atoms with Crippen molar-refractivity contribution in [2.45, 2.75) is 19.0 Å². The Labute approximate surface area is 97.9 Å². The zero-order valence-corrected chi connectivity index (χ0v) is 9.48. The zero-order valence-electron chi connectivity index (χ0n) is 9.48. The first kappa shape index (κ1) is 14.2. The van der Waals surface area contributed by atoms with Crippen LogP contribution in [0.4, 0.5) is 13.2 Å². The molecule has 1 aliphatic rings. The number of carbonyl (C=O) groups is 1. The fourth-order valence-electron chi connectivity index (χ4n) is 1.59. The Morgan fingerprint density at radius 3 is 2.53 bits per heavy atom. The van der Waals surface area contributed by atoms with Crippen LogP contribution in [0.5, 0.6) is 0 Å². The Balaban J connectivity index is 2.04. The van der Waals surface area contributed by atoms with Gasteiger partial charge < -0.3 is 15.4 Å². The summed E-state index contributed by atoms with van der Waals surface area (Å²) in [5.74, 6) is -0.0314. The normalized spacial score (nSPS) is 18.1. The first-order valence-corrected chi connectivity index (χ1v) is 5.59. The van der Waals surface area contributed by atoms with Crippen LogP contribution >= 0.6 is 0 Å². The first-order valence-electron chi connectivity index (χ1n) is 5.59. The van der Waals surface area contributed by atoms with Crippen molar-refractivity contribution in [2.75, 3.05) is 32.8 Å². The van der Waals surface area contributed by atoms with E-state index in [1.807, 2.05) is 0 Å². The van der Waals surface area contributed by atoms with Gasteiger partial charge in [0.05, 0.1) is 13.1 Å². The molecule has 0 aliphatic carbocycles. The molecule has 1 heterocycles. The van der Waals surface area contributed by atoms with E-state index in [1.165, 1.54) is 0 Å². The van der Waals surface area contributed by atoms with Gasteiger partial charge >= 0.3 is 6.18 Å². The molecule has 1 amide bonds. The zero-order chi connectivity index (χ0) is 12.7. The van der Waals surface area contributed by atoms with Crippen molar-refractivity contribution in [3.63, 3.8) is 0 Å². The Bertz CT molecular complexity index is 240. The van der Waals surface area contributed by atoms with Gasteiger partial charge in [0.15, 0.2) is 0 Å². The van der Waals surface area contributed by atoms with Crippen LogP contribution in [0, 0.1) is 5.92 Å². The molecule has 17 heavy (non-hydrogen) atoms. The van der Waals surface area contributed by atoms with Gasteiger partial charge in [0.2, 0.25) is 5.91 Å². The molecule has 0 aromatic rings. The van der Waals surface area contributed by atoms with E-state index >= 15 is 0 Å². The molecule has 0 atom stereocenters. The minimum Gasteiger partial charge on any atom is -0.381 e. The maximum atomic E-state index is 11.8. The summed E-state index contributed by atoms with van der Waals surface area (Å²) < 4.78 is 40.5. The van der Waals surface area contributed by atoms with Crippen LogP contribution in [-0.2, 0) is 9.53 Å². The van der Waals surface area contributed by atoms with Crippen LogP contribution < -0.4 is 10.6 Å². The van der Waals surface area contributed by atoms with Crippen LogP contribution in [0.25, 0.3) is 0 Å². The van der Waals surface area contributed by atoms with E-state index in [9.17, 15) is 18.0 Å². The molecule has 1 saturated heterocycles. The van der Waals surface area contributed by atoms with Gasteiger partial charge in [-0.05, 0) is 18.8 Å². The number of halogens is 3. The molecular weight excluding hydrogens is 237 g/mol. The van der Waals surface area contributed by atoms with Crippen molar-refractivity contribution in [1.29, 1.82) is 0 Å². The quantitative estimate of drug-likeness (QED) is 0.758. The van der Waals surface area contributed by atoms with E-state index in [1.54, 1.807) is 0 Å². The van der Waals surface area contributed by atoms with Gasteiger partial charge in [-0.2, -0.15) is 13.2 Å². The largest absolute Gasteiger partial charge is 0.401 e. The molecule has 1 aliphatic heterocycles. The Hall–Kier alpha value is -0.820. The summed E-state index contributed by atoms with van der Waals surface area (Å²) in [6.07, 6.45) is -2.51. The number of hydrogen-bond donors (Lipinski definition) is 2. The monoisotopic (exact) mass is 254 g/mol. The summed E-state index contributed by atoms with van der Waals surface area (Å²) in [5.41, 5.74) is 0. The molecule has 2 N–H and O–H groups in total. The van der Waals surface area contributed by atoms with E-state index < -0.39 is 18.6 Å². The average molecular weight is 254 g/mol. The van der Waals surface area contributed by atoms with Gasteiger partial charge in [0, 0.05) is 19.8 Å². The van der Waals surface area contributed by atoms with Crippen LogP contribution in [0.2, 0.25) is 0 Å². The van der Waals surface area contributed by atoms with Gasteiger partial charge in [-0.3, -0.25) is 4.79 Å². The van der Waals surface area contributed by atoms with Crippen LogP contribution in [-0.4, -0.2) is 44.9 Å². The minimum absolute atomic E-state index is 0.303. The smallest absolute Gasteiger partial charge is 0.381 e. The molecule has 4 nitrogen and oxygen atoms in total. The van der Waals surface area contributed by atoms with Crippen molar-refractivity contribution < 1.29 is 22.7 Å². The van der Waals surface area contributed by atoms with Crippen molar-refractivity contribution in [3.05, 3.63) is 0 Å². The van der Waals surface area contributed by atoms with Gasteiger partial charge in [-0.15, -0.1) is 0 Å². The summed E-state index contributed by atoms with van der Waals surface area (Å²) in [6, 6.07) is 0. The maximum absolute atomic E-state index is 11.8. The number of carbonyl (C=O) groups excluding carboxylic acids is 1. The van der Waals surface area contributed by atoms with Crippen LogP contribution in [0.3, 0.4) is 0 Å². The van der Waals surface area contributed by atoms with Crippen LogP contribution in [0.15, 0.2) is 0 Å². The molecule has 1 fully saturated rings. The van der Waals surface area contributed by atoms with Gasteiger partial charge in [0.25, 0.3) is 0 Å². The van der Waals surface area contributed by atoms with Gasteiger partial charge in [-0.1, -0.05) is 0 Å². The van der Waals surface area contributed by atoms with Crippen molar-refractivity contribution in [1.82, 2.24) is 10.6 Å². The highest BCUT2D eigenvalue weighted by Gasteiger charge is 2.26. The fourth-order valence-corrected chi connectivity index (χ4v) is 1.59. The SMILES string of the molecule is O=C(CNCC(F)(F)F)NCC1CCOCC1. The Morgan fingerprint density at radius 2 is 1.94 bits per heavy atom. The van der Waals surface area contributed by atoms with E-state index in [2.05, 4.69) is 10.6 Å². The minimum atomic E-state index is -4.28. The highest BCUT2D eigenvalue weighted by Crippen LogP contribution is 2.13. The summed E-state index contributed by atoms with van der Waals surface area (Å²) >= 11 is 0. The van der Waals surface area contributed by atoms with E-state index in [4.69, 9.17) is 4.74 Å². The number of hydrogen-bond acceptors (Lipinski definition) is 3. The molecule has 0 bridgehead atoms. The van der Waals surface area contributed by atoms with Gasteiger partial charge in [0.1, 0.15) is 0 Å². The fraction of sp³-hybridized carbons (Fsp3) is 0.900. The molecule has 1 rings (SSSR count). The average Bonchev–Trinajstić information content (AvgIpc) is 2.26. The first-order chi connectivity index (χ1) is 7.97. The van der Waals surface area contributed by atoms with Crippen molar-refractivity contribution >= 4 is 5.91 Å². The lowest BCUT2D eigenvalue weighted by Gasteiger charge is -2.22. The predicted molar refractivity (Wildman–Crippen MR) is 55.5 cm³/mol. The van der Waals surface area contributed by atoms with E-state index in [0.29, 0.717) is 25.7 Å². The molecule has 0 aromatic carbocycles. The molecule has 0 unspecified atom stereocenters.